The van der Waals surface area contributed by atoms with Gasteiger partial charge in [-0.3, -0.25) is 5.01 Å². The molecule has 0 atom stereocenters. The van der Waals surface area contributed by atoms with Gasteiger partial charge >= 0.3 is 5.97 Å². The van der Waals surface area contributed by atoms with Crippen molar-refractivity contribution >= 4 is 23.1 Å². The van der Waals surface area contributed by atoms with E-state index < -0.39 is 5.97 Å². The van der Waals surface area contributed by atoms with Crippen LogP contribution in [0.3, 0.4) is 0 Å². The molecule has 0 aliphatic carbocycles. The van der Waals surface area contributed by atoms with Crippen molar-refractivity contribution in [3.63, 3.8) is 0 Å². The van der Waals surface area contributed by atoms with Gasteiger partial charge in [0.1, 0.15) is 6.20 Å². The Morgan fingerprint density at radius 2 is 1.83 bits per heavy atom. The van der Waals surface area contributed by atoms with E-state index in [1.165, 1.54) is 5.56 Å². The predicted molar refractivity (Wildman–Crippen MR) is 122 cm³/mol. The van der Waals surface area contributed by atoms with E-state index in [0.29, 0.717) is 18.9 Å². The summed E-state index contributed by atoms with van der Waals surface area (Å²) < 4.78 is 5.17. The average Bonchev–Trinajstić information content (AvgIpc) is 2.77. The first-order valence-electron chi connectivity index (χ1n) is 10.1. The summed E-state index contributed by atoms with van der Waals surface area (Å²) in [6.07, 6.45) is 3.80. The van der Waals surface area contributed by atoms with E-state index in [9.17, 15) is 4.79 Å². The van der Waals surface area contributed by atoms with Gasteiger partial charge in [-0.1, -0.05) is 30.3 Å². The number of hydrogen-bond acceptors (Lipinski definition) is 6. The van der Waals surface area contributed by atoms with Crippen LogP contribution in [-0.2, 0) is 16.1 Å². The molecule has 0 fully saturated rings. The molecule has 7 nitrogen and oxygen atoms in total. The summed E-state index contributed by atoms with van der Waals surface area (Å²) >= 11 is 0. The minimum Gasteiger partial charge on any atom is -0.461 e. The van der Waals surface area contributed by atoms with Crippen LogP contribution in [0.2, 0.25) is 0 Å². The van der Waals surface area contributed by atoms with Crippen molar-refractivity contribution in [3.8, 4) is 0 Å². The monoisotopic (exact) mass is 410 g/mol. The second kappa shape index (κ2) is 12.3. The predicted octanol–water partition coefficient (Wildman–Crippen LogP) is 2.25. The molecule has 0 aliphatic heterocycles. The van der Waals surface area contributed by atoms with Gasteiger partial charge in [-0.25, -0.2) is 4.79 Å². The van der Waals surface area contributed by atoms with Crippen molar-refractivity contribution in [2.75, 3.05) is 44.6 Å². The highest BCUT2D eigenvalue weighted by molar-refractivity contribution is 6.37. The van der Waals surface area contributed by atoms with Crippen LogP contribution >= 0.6 is 0 Å². The van der Waals surface area contributed by atoms with Gasteiger partial charge in [-0.15, -0.1) is 0 Å². The van der Waals surface area contributed by atoms with Gasteiger partial charge < -0.3 is 20.3 Å². The Morgan fingerprint density at radius 1 is 1.13 bits per heavy atom. The largest absolute Gasteiger partial charge is 0.461 e. The van der Waals surface area contributed by atoms with Gasteiger partial charge in [0.2, 0.25) is 0 Å². The lowest BCUT2D eigenvalue weighted by Crippen LogP contribution is -2.72. The number of carbonyl (C=O) groups is 1. The number of rotatable bonds is 11. The molecule has 160 valence electrons. The molecular formula is C23H32N5O2+. The molecule has 0 amide bonds. The van der Waals surface area contributed by atoms with E-state index in [4.69, 9.17) is 4.74 Å². The minimum absolute atomic E-state index is 0.311. The van der Waals surface area contributed by atoms with E-state index in [1.54, 1.807) is 11.9 Å². The van der Waals surface area contributed by atoms with Gasteiger partial charge in [0.05, 0.1) is 32.1 Å². The Hall–Kier alpha value is -3.32. The number of esters is 1. The lowest BCUT2D eigenvalue weighted by atomic mass is 10.2. The third-order valence-electron chi connectivity index (χ3n) is 4.29. The van der Waals surface area contributed by atoms with Gasteiger partial charge in [0, 0.05) is 26.3 Å². The molecule has 0 aliphatic rings. The zero-order valence-corrected chi connectivity index (χ0v) is 18.2. The maximum absolute atomic E-state index is 12.3. The Morgan fingerprint density at radius 3 is 2.47 bits per heavy atom. The molecule has 7 heteroatoms. The second-order valence-corrected chi connectivity index (χ2v) is 6.77. The van der Waals surface area contributed by atoms with E-state index in [0.717, 1.165) is 17.9 Å². The fourth-order valence-corrected chi connectivity index (χ4v) is 2.71. The van der Waals surface area contributed by atoms with Gasteiger partial charge in [-0.05, 0) is 36.8 Å². The first-order chi connectivity index (χ1) is 14.5. The third kappa shape index (κ3) is 7.60. The molecule has 2 aromatic rings. The Kier molecular flexibility index (Phi) is 9.40. The molecule has 2 aromatic carbocycles. The number of quaternary nitrogens is 1. The highest BCUT2D eigenvalue weighted by Gasteiger charge is 2.16. The summed E-state index contributed by atoms with van der Waals surface area (Å²) in [4.78, 5) is 14.2. The Bertz CT molecular complexity index is 834. The van der Waals surface area contributed by atoms with E-state index in [-0.39, 0.29) is 0 Å². The summed E-state index contributed by atoms with van der Waals surface area (Å²) in [5.41, 5.74) is 3.46. The van der Waals surface area contributed by atoms with Gasteiger partial charge in [-0.2, -0.15) is 5.10 Å². The zero-order chi connectivity index (χ0) is 21.8. The minimum atomic E-state index is -0.411. The van der Waals surface area contributed by atoms with E-state index in [2.05, 4.69) is 22.6 Å². The van der Waals surface area contributed by atoms with E-state index in [1.807, 2.05) is 86.2 Å². The number of ether oxygens (including phenoxy) is 1. The molecule has 0 unspecified atom stereocenters. The summed E-state index contributed by atoms with van der Waals surface area (Å²) in [5, 5.41) is 11.5. The second-order valence-electron chi connectivity index (χ2n) is 6.77. The normalized spacial score (nSPS) is 11.4. The highest BCUT2D eigenvalue weighted by atomic mass is 16.5. The first-order valence-corrected chi connectivity index (χ1v) is 10.1. The van der Waals surface area contributed by atoms with Crippen molar-refractivity contribution in [2.24, 2.45) is 5.10 Å². The molecule has 0 bridgehead atoms. The topological polar surface area (TPSA) is 73.8 Å². The van der Waals surface area contributed by atoms with Crippen molar-refractivity contribution < 1.29 is 14.8 Å². The van der Waals surface area contributed by atoms with Crippen LogP contribution in [0.4, 0.5) is 11.4 Å². The lowest BCUT2D eigenvalue weighted by molar-refractivity contribution is -0.557. The quantitative estimate of drug-likeness (QED) is 0.338. The fourth-order valence-electron chi connectivity index (χ4n) is 2.71. The zero-order valence-electron chi connectivity index (χ0n) is 18.2. The molecule has 0 radical (unpaired) electrons. The van der Waals surface area contributed by atoms with Crippen LogP contribution in [-0.4, -0.2) is 50.9 Å². The molecular weight excluding hydrogens is 378 g/mol. The van der Waals surface area contributed by atoms with Crippen LogP contribution in [0.15, 0.2) is 72.1 Å². The molecule has 0 saturated carbocycles. The fraction of sp³-hybridized carbons (Fsp3) is 0.304. The number of hydrogen-bond donors (Lipinski definition) is 2. The number of hydrazone groups is 1. The smallest absolute Gasteiger partial charge is 0.356 e. The van der Waals surface area contributed by atoms with Crippen molar-refractivity contribution in [2.45, 2.75) is 13.5 Å². The lowest BCUT2D eigenvalue weighted by Gasteiger charge is -2.19. The number of nitrogens with zero attached hydrogens (tertiary/aromatic N) is 3. The number of anilines is 2. The van der Waals surface area contributed by atoms with Crippen LogP contribution in [0.25, 0.3) is 0 Å². The molecule has 2 rings (SSSR count). The van der Waals surface area contributed by atoms with E-state index >= 15 is 0 Å². The molecule has 0 spiro atoms. The van der Waals surface area contributed by atoms with Crippen LogP contribution < -0.4 is 15.6 Å². The Balaban J connectivity index is 2.06. The molecule has 0 aromatic heterocycles. The summed E-state index contributed by atoms with van der Waals surface area (Å²) in [7, 11) is 5.65. The van der Waals surface area contributed by atoms with Crippen LogP contribution in [0.5, 0.6) is 0 Å². The molecule has 0 saturated heterocycles. The van der Waals surface area contributed by atoms with Crippen LogP contribution in [0, 0.1) is 0 Å². The summed E-state index contributed by atoms with van der Waals surface area (Å²) in [6.45, 7) is 3.21. The van der Waals surface area contributed by atoms with Gasteiger partial charge in [0.15, 0.2) is 5.71 Å². The Labute approximate surface area is 179 Å². The summed E-state index contributed by atoms with van der Waals surface area (Å²) in [6, 6.07) is 18.2. The first kappa shape index (κ1) is 23.0. The van der Waals surface area contributed by atoms with Crippen LogP contribution in [0.1, 0.15) is 12.5 Å². The molecule has 0 heterocycles. The van der Waals surface area contributed by atoms with Crippen molar-refractivity contribution in [1.29, 1.82) is 0 Å². The highest BCUT2D eigenvalue weighted by Crippen LogP contribution is 2.18. The maximum atomic E-state index is 12.3. The number of nitrogens with one attached hydrogen (secondary N) is 1. The average molecular weight is 411 g/mol. The van der Waals surface area contributed by atoms with Crippen molar-refractivity contribution in [1.82, 2.24) is 4.90 Å². The molecule has 3 N–H and O–H groups in total. The third-order valence-corrected chi connectivity index (χ3v) is 4.29. The molecule has 30 heavy (non-hydrogen) atoms. The van der Waals surface area contributed by atoms with Gasteiger partial charge in [0.25, 0.3) is 0 Å². The maximum Gasteiger partial charge on any atom is 0.356 e. The van der Waals surface area contributed by atoms with Crippen molar-refractivity contribution in [3.05, 3.63) is 72.6 Å². The standard InChI is InChI=1S/C23H31N5O2/c1-5-30-23(29)22(18-27(3)16-15-24-2)26-28(4)21-13-11-20(12-14-21)25-17-19-9-7-6-8-10-19/h6-16,24-25H,5,17-18H2,1-4H3/p+1/b16-15-,26-22-. The number of nitrogens with two attached hydrogens (primary N) is 1. The summed E-state index contributed by atoms with van der Waals surface area (Å²) in [5.74, 6) is -0.411. The number of benzene rings is 2. The number of carbonyl (C=O) groups excluding carboxylic acids is 1. The SMILES string of the molecule is CCOC(=O)/C(CN(C)/C=C\[NH2+]C)=N\N(C)c1ccc(NCc2ccccc2)cc1.